The lowest BCUT2D eigenvalue weighted by Crippen LogP contribution is -2.16. The molecule has 0 atom stereocenters. The molecule has 4 rings (SSSR count). The van der Waals surface area contributed by atoms with E-state index in [-0.39, 0.29) is 17.2 Å². The first-order valence-corrected chi connectivity index (χ1v) is 8.42. The Labute approximate surface area is 152 Å². The van der Waals surface area contributed by atoms with E-state index < -0.39 is 5.82 Å². The lowest BCUT2D eigenvalue weighted by atomic mass is 10.1. The van der Waals surface area contributed by atoms with E-state index in [4.69, 9.17) is 16.3 Å². The summed E-state index contributed by atoms with van der Waals surface area (Å²) in [6.07, 6.45) is 7.95. The van der Waals surface area contributed by atoms with E-state index in [1.807, 2.05) is 18.2 Å². The van der Waals surface area contributed by atoms with Crippen LogP contribution in [0.1, 0.15) is 24.4 Å². The third-order valence-corrected chi connectivity index (χ3v) is 4.23. The standard InChI is InChI=1S/C18H14ClFN4O2/c19-14-7-6-13(9-15(14)20)26-10-12-8-16(25)24-18(21-12)22-17(23-24)11-4-2-1-3-5-11/h2,4-9H,1,3,10H2,(H,21,22,23). The molecule has 0 spiro atoms. The molecule has 8 heteroatoms. The topological polar surface area (TPSA) is 72.3 Å². The summed E-state index contributed by atoms with van der Waals surface area (Å²) in [4.78, 5) is 19.7. The Morgan fingerprint density at radius 2 is 2.19 bits per heavy atom. The van der Waals surface area contributed by atoms with Gasteiger partial charge in [0.25, 0.3) is 5.56 Å². The van der Waals surface area contributed by atoms with Crippen LogP contribution in [0, 0.1) is 5.82 Å². The summed E-state index contributed by atoms with van der Waals surface area (Å²) in [6, 6.07) is 5.53. The van der Waals surface area contributed by atoms with Crippen molar-refractivity contribution < 1.29 is 9.13 Å². The Morgan fingerprint density at radius 3 is 2.96 bits per heavy atom. The maximum atomic E-state index is 13.5. The molecular formula is C18H14ClFN4O2. The minimum absolute atomic E-state index is 0.0224. The zero-order valence-corrected chi connectivity index (χ0v) is 14.3. The largest absolute Gasteiger partial charge is 0.487 e. The van der Waals surface area contributed by atoms with Gasteiger partial charge in [0, 0.05) is 17.7 Å². The highest BCUT2D eigenvalue weighted by Gasteiger charge is 2.12. The molecule has 0 fully saturated rings. The Bertz CT molecular complexity index is 1100. The zero-order valence-electron chi connectivity index (χ0n) is 13.6. The molecule has 0 saturated carbocycles. The van der Waals surface area contributed by atoms with Crippen LogP contribution in [0.4, 0.5) is 4.39 Å². The van der Waals surface area contributed by atoms with Gasteiger partial charge < -0.3 is 9.72 Å². The molecule has 3 aromatic rings. The van der Waals surface area contributed by atoms with Crippen molar-refractivity contribution in [1.29, 1.82) is 0 Å². The number of allylic oxidation sites excluding steroid dienone is 4. The van der Waals surface area contributed by atoms with Crippen molar-refractivity contribution in [2.45, 2.75) is 19.4 Å². The van der Waals surface area contributed by atoms with Gasteiger partial charge in [-0.3, -0.25) is 4.79 Å². The average Bonchev–Trinajstić information content (AvgIpc) is 3.08. The minimum atomic E-state index is -0.566. The summed E-state index contributed by atoms with van der Waals surface area (Å²) >= 11 is 5.64. The summed E-state index contributed by atoms with van der Waals surface area (Å²) in [5, 5.41) is 4.28. The molecule has 0 bridgehead atoms. The maximum Gasteiger partial charge on any atom is 0.276 e. The minimum Gasteiger partial charge on any atom is -0.487 e. The number of aromatic amines is 1. The average molecular weight is 373 g/mol. The number of H-pyrrole nitrogens is 1. The highest BCUT2D eigenvalue weighted by Crippen LogP contribution is 2.21. The van der Waals surface area contributed by atoms with Crippen LogP contribution in [-0.4, -0.2) is 19.6 Å². The predicted molar refractivity (Wildman–Crippen MR) is 95.7 cm³/mol. The van der Waals surface area contributed by atoms with Gasteiger partial charge in [-0.05, 0) is 25.0 Å². The van der Waals surface area contributed by atoms with Gasteiger partial charge in [-0.2, -0.15) is 9.50 Å². The molecule has 132 valence electrons. The van der Waals surface area contributed by atoms with Gasteiger partial charge in [-0.25, -0.2) is 4.39 Å². The van der Waals surface area contributed by atoms with Crippen LogP contribution in [0.25, 0.3) is 11.4 Å². The molecule has 0 radical (unpaired) electrons. The van der Waals surface area contributed by atoms with Crippen LogP contribution in [0.15, 0.2) is 47.3 Å². The molecule has 0 saturated heterocycles. The lowest BCUT2D eigenvalue weighted by Gasteiger charge is -2.06. The molecule has 26 heavy (non-hydrogen) atoms. The molecule has 0 unspecified atom stereocenters. The van der Waals surface area contributed by atoms with Crippen molar-refractivity contribution in [3.05, 3.63) is 75.2 Å². The second-order valence-electron chi connectivity index (χ2n) is 5.81. The van der Waals surface area contributed by atoms with Crippen molar-refractivity contribution in [3.8, 4) is 5.75 Å². The first kappa shape index (κ1) is 16.5. The number of halogens is 2. The first-order valence-electron chi connectivity index (χ1n) is 8.04. The molecule has 1 aliphatic carbocycles. The van der Waals surface area contributed by atoms with Gasteiger partial charge >= 0.3 is 0 Å². The van der Waals surface area contributed by atoms with Crippen LogP contribution in [0.2, 0.25) is 5.02 Å². The van der Waals surface area contributed by atoms with Crippen molar-refractivity contribution in [2.24, 2.45) is 0 Å². The van der Waals surface area contributed by atoms with E-state index in [0.29, 0.717) is 23.0 Å². The Morgan fingerprint density at radius 1 is 1.31 bits per heavy atom. The normalized spacial score (nSPS) is 13.8. The fraction of sp³-hybridized carbons (Fsp3) is 0.167. The fourth-order valence-corrected chi connectivity index (χ4v) is 2.76. The quantitative estimate of drug-likeness (QED) is 0.760. The number of rotatable bonds is 4. The lowest BCUT2D eigenvalue weighted by molar-refractivity contribution is 0.299. The molecule has 2 aromatic heterocycles. The number of aromatic nitrogens is 4. The van der Waals surface area contributed by atoms with Crippen LogP contribution in [-0.2, 0) is 6.61 Å². The fourth-order valence-electron chi connectivity index (χ4n) is 2.64. The van der Waals surface area contributed by atoms with Crippen molar-refractivity contribution in [1.82, 2.24) is 19.6 Å². The van der Waals surface area contributed by atoms with Gasteiger partial charge in [0.05, 0.1) is 10.7 Å². The number of ether oxygens (including phenoxy) is 1. The highest BCUT2D eigenvalue weighted by atomic mass is 35.5. The van der Waals surface area contributed by atoms with Crippen LogP contribution < -0.4 is 10.3 Å². The van der Waals surface area contributed by atoms with E-state index in [1.54, 1.807) is 6.07 Å². The Balaban J connectivity index is 1.60. The molecule has 0 amide bonds. The van der Waals surface area contributed by atoms with Gasteiger partial charge in [0.2, 0.25) is 5.78 Å². The SMILES string of the molecule is O=c1cc(COc2ccc(Cl)c(F)c2)[nH]c2nc(C3=CCCC=C3)nn12. The summed E-state index contributed by atoms with van der Waals surface area (Å²) in [5.74, 6) is 0.566. The third-order valence-electron chi connectivity index (χ3n) is 3.92. The second kappa shape index (κ2) is 6.76. The second-order valence-corrected chi connectivity index (χ2v) is 6.21. The summed E-state index contributed by atoms with van der Waals surface area (Å²) in [5.41, 5.74) is 1.07. The van der Waals surface area contributed by atoms with Crippen molar-refractivity contribution in [2.75, 3.05) is 0 Å². The molecule has 2 heterocycles. The Kier molecular flexibility index (Phi) is 4.30. The van der Waals surface area contributed by atoms with E-state index in [2.05, 4.69) is 15.1 Å². The van der Waals surface area contributed by atoms with E-state index >= 15 is 0 Å². The number of benzene rings is 1. The first-order chi connectivity index (χ1) is 12.6. The van der Waals surface area contributed by atoms with Gasteiger partial charge in [-0.1, -0.05) is 29.8 Å². The number of hydrogen-bond donors (Lipinski definition) is 1. The highest BCUT2D eigenvalue weighted by molar-refractivity contribution is 6.30. The molecule has 0 aliphatic heterocycles. The third kappa shape index (κ3) is 3.25. The molecule has 1 aromatic carbocycles. The van der Waals surface area contributed by atoms with Crippen molar-refractivity contribution >= 4 is 23.0 Å². The van der Waals surface area contributed by atoms with Gasteiger partial charge in [0.1, 0.15) is 18.2 Å². The van der Waals surface area contributed by atoms with Gasteiger partial charge in [0.15, 0.2) is 5.82 Å². The smallest absolute Gasteiger partial charge is 0.276 e. The van der Waals surface area contributed by atoms with E-state index in [0.717, 1.165) is 18.4 Å². The van der Waals surface area contributed by atoms with Crippen LogP contribution in [0.3, 0.4) is 0 Å². The zero-order chi connectivity index (χ0) is 18.1. The van der Waals surface area contributed by atoms with E-state index in [9.17, 15) is 9.18 Å². The van der Waals surface area contributed by atoms with Gasteiger partial charge in [-0.15, -0.1) is 5.10 Å². The Hall–Kier alpha value is -2.93. The van der Waals surface area contributed by atoms with Crippen LogP contribution in [0.5, 0.6) is 5.75 Å². The van der Waals surface area contributed by atoms with E-state index in [1.165, 1.54) is 22.7 Å². The summed E-state index contributed by atoms with van der Waals surface area (Å²) in [7, 11) is 0. The monoisotopic (exact) mass is 372 g/mol. The molecular weight excluding hydrogens is 359 g/mol. The number of hydrogen-bond acceptors (Lipinski definition) is 4. The number of nitrogens with one attached hydrogen (secondary N) is 1. The van der Waals surface area contributed by atoms with Crippen LogP contribution >= 0.6 is 11.6 Å². The number of nitrogens with zero attached hydrogens (tertiary/aromatic N) is 3. The molecule has 1 N–H and O–H groups in total. The number of fused-ring (bicyclic) bond motifs is 1. The predicted octanol–water partition coefficient (Wildman–Crippen LogP) is 3.52. The maximum absolute atomic E-state index is 13.5. The molecule has 1 aliphatic rings. The summed E-state index contributed by atoms with van der Waals surface area (Å²) < 4.78 is 20.2. The molecule has 6 nitrogen and oxygen atoms in total. The summed E-state index contributed by atoms with van der Waals surface area (Å²) in [6.45, 7) is 0.0532. The van der Waals surface area contributed by atoms with Crippen molar-refractivity contribution in [3.63, 3.8) is 0 Å².